The maximum absolute atomic E-state index is 4.62. The van der Waals surface area contributed by atoms with E-state index in [1.807, 2.05) is 0 Å². The van der Waals surface area contributed by atoms with Crippen molar-refractivity contribution in [2.24, 2.45) is 0 Å². The summed E-state index contributed by atoms with van der Waals surface area (Å²) in [5, 5.41) is 0. The normalized spacial score (nSPS) is 18.4. The Morgan fingerprint density at radius 3 is 2.44 bits per heavy atom. The van der Waals surface area contributed by atoms with Crippen LogP contribution in [0.25, 0.3) is 0 Å². The molecule has 0 radical (unpaired) electrons. The summed E-state index contributed by atoms with van der Waals surface area (Å²) in [5.41, 5.74) is 6.16. The molecule has 0 fully saturated rings. The third kappa shape index (κ3) is 1.74. The molecule has 2 rings (SSSR count). The minimum Gasteiger partial charge on any atom is -0.142 e. The summed E-state index contributed by atoms with van der Waals surface area (Å²) < 4.78 is 1.18. The molecule has 0 bridgehead atoms. The Kier molecular flexibility index (Phi) is 3.17. The van der Waals surface area contributed by atoms with E-state index in [2.05, 4.69) is 56.3 Å². The van der Waals surface area contributed by atoms with Crippen molar-refractivity contribution in [2.45, 2.75) is 57.3 Å². The molecule has 88 valence electrons. The first kappa shape index (κ1) is 12.5. The van der Waals surface area contributed by atoms with Gasteiger partial charge in [-0.2, -0.15) is 0 Å². The minimum absolute atomic E-state index is 0.312. The van der Waals surface area contributed by atoms with Gasteiger partial charge in [0.2, 0.25) is 0 Å². The molecule has 1 aliphatic rings. The molecular formula is C14H19BrS. The predicted molar refractivity (Wildman–Crippen MR) is 76.8 cm³/mol. The van der Waals surface area contributed by atoms with Crippen molar-refractivity contribution in [3.63, 3.8) is 0 Å². The van der Waals surface area contributed by atoms with E-state index in [1.165, 1.54) is 34.9 Å². The van der Waals surface area contributed by atoms with Crippen LogP contribution >= 0.6 is 28.6 Å². The van der Waals surface area contributed by atoms with Crippen LogP contribution in [0, 0.1) is 13.8 Å². The van der Waals surface area contributed by atoms with Gasteiger partial charge in [-0.15, -0.1) is 12.6 Å². The average molecular weight is 299 g/mol. The highest BCUT2D eigenvalue weighted by molar-refractivity contribution is 9.10. The lowest BCUT2D eigenvalue weighted by atomic mass is 9.70. The van der Waals surface area contributed by atoms with E-state index in [-0.39, 0.29) is 0 Å². The zero-order valence-corrected chi connectivity index (χ0v) is 12.9. The second kappa shape index (κ2) is 4.06. The Labute approximate surface area is 112 Å². The van der Waals surface area contributed by atoms with E-state index in [0.29, 0.717) is 5.41 Å². The molecule has 0 N–H and O–H groups in total. The quantitative estimate of drug-likeness (QED) is 0.643. The molecule has 0 heterocycles. The lowest BCUT2D eigenvalue weighted by molar-refractivity contribution is 0.427. The van der Waals surface area contributed by atoms with Gasteiger partial charge < -0.3 is 0 Å². The number of benzene rings is 1. The van der Waals surface area contributed by atoms with Gasteiger partial charge in [0.15, 0.2) is 0 Å². The minimum atomic E-state index is 0.312. The topological polar surface area (TPSA) is 0 Å². The molecule has 1 aromatic carbocycles. The van der Waals surface area contributed by atoms with Crippen LogP contribution in [-0.2, 0) is 11.8 Å². The zero-order chi connectivity index (χ0) is 12.1. The predicted octanol–water partition coefficient (Wildman–Crippen LogP) is 4.97. The summed E-state index contributed by atoms with van der Waals surface area (Å²) in [7, 11) is 0. The second-order valence-corrected chi connectivity index (χ2v) is 6.74. The van der Waals surface area contributed by atoms with Gasteiger partial charge in [-0.3, -0.25) is 0 Å². The summed E-state index contributed by atoms with van der Waals surface area (Å²) in [4.78, 5) is 1.12. The number of fused-ring (bicyclic) bond motifs is 1. The molecule has 16 heavy (non-hydrogen) atoms. The van der Waals surface area contributed by atoms with Gasteiger partial charge in [0.25, 0.3) is 0 Å². The largest absolute Gasteiger partial charge is 0.142 e. The van der Waals surface area contributed by atoms with Gasteiger partial charge in [-0.1, -0.05) is 13.8 Å². The van der Waals surface area contributed by atoms with Crippen LogP contribution in [0.15, 0.2) is 9.37 Å². The highest BCUT2D eigenvalue weighted by atomic mass is 79.9. The van der Waals surface area contributed by atoms with Gasteiger partial charge in [0.05, 0.1) is 0 Å². The fourth-order valence-corrected chi connectivity index (χ4v) is 3.87. The van der Waals surface area contributed by atoms with Crippen molar-refractivity contribution in [1.29, 1.82) is 0 Å². The Balaban J connectivity index is 2.81. The average Bonchev–Trinajstić information content (AvgIpc) is 2.21. The molecule has 0 amide bonds. The van der Waals surface area contributed by atoms with Crippen molar-refractivity contribution in [2.75, 3.05) is 0 Å². The monoisotopic (exact) mass is 298 g/mol. The third-order valence-electron chi connectivity index (χ3n) is 3.93. The fraction of sp³-hybridized carbons (Fsp3) is 0.571. The molecule has 2 heteroatoms. The van der Waals surface area contributed by atoms with E-state index in [0.717, 1.165) is 4.90 Å². The van der Waals surface area contributed by atoms with Crippen LogP contribution in [0.2, 0.25) is 0 Å². The van der Waals surface area contributed by atoms with Crippen LogP contribution in [0.5, 0.6) is 0 Å². The number of rotatable bonds is 0. The van der Waals surface area contributed by atoms with Gasteiger partial charge >= 0.3 is 0 Å². The van der Waals surface area contributed by atoms with Crippen molar-refractivity contribution < 1.29 is 0 Å². The van der Waals surface area contributed by atoms with E-state index < -0.39 is 0 Å². The first-order valence-electron chi connectivity index (χ1n) is 5.87. The summed E-state index contributed by atoms with van der Waals surface area (Å²) in [6.45, 7) is 9.14. The van der Waals surface area contributed by atoms with Crippen LogP contribution in [0.4, 0.5) is 0 Å². The molecule has 0 saturated carbocycles. The van der Waals surface area contributed by atoms with Gasteiger partial charge in [0, 0.05) is 9.37 Å². The summed E-state index contributed by atoms with van der Waals surface area (Å²) in [6, 6.07) is 0. The standard InChI is InChI=1S/C14H19BrS/c1-8-10-6-5-7-14(3,4)11(10)9(2)12(15)13(8)16/h16H,5-7H2,1-4H3. The number of thiol groups is 1. The van der Waals surface area contributed by atoms with Crippen molar-refractivity contribution in [3.8, 4) is 0 Å². The van der Waals surface area contributed by atoms with Crippen molar-refractivity contribution >= 4 is 28.6 Å². The van der Waals surface area contributed by atoms with Crippen LogP contribution in [0.3, 0.4) is 0 Å². The maximum atomic E-state index is 4.62. The number of hydrogen-bond acceptors (Lipinski definition) is 1. The molecular weight excluding hydrogens is 280 g/mol. The maximum Gasteiger partial charge on any atom is 0.0343 e. The first-order valence-corrected chi connectivity index (χ1v) is 7.11. The third-order valence-corrected chi connectivity index (χ3v) is 5.78. The molecule has 0 aromatic heterocycles. The molecule has 0 saturated heterocycles. The van der Waals surface area contributed by atoms with E-state index >= 15 is 0 Å². The van der Waals surface area contributed by atoms with Gasteiger partial charge in [0.1, 0.15) is 0 Å². The Morgan fingerprint density at radius 2 is 1.81 bits per heavy atom. The first-order chi connectivity index (χ1) is 7.36. The Hall–Kier alpha value is 0.0500. The van der Waals surface area contributed by atoms with Crippen LogP contribution in [0.1, 0.15) is 48.9 Å². The smallest absolute Gasteiger partial charge is 0.0343 e. The lowest BCUT2D eigenvalue weighted by Crippen LogP contribution is -2.26. The number of halogens is 1. The number of hydrogen-bond donors (Lipinski definition) is 1. The molecule has 0 aliphatic heterocycles. The Morgan fingerprint density at radius 1 is 1.19 bits per heavy atom. The Bertz CT molecular complexity index is 447. The van der Waals surface area contributed by atoms with E-state index in [1.54, 1.807) is 11.1 Å². The molecule has 0 nitrogen and oxygen atoms in total. The molecule has 0 atom stereocenters. The highest BCUT2D eigenvalue weighted by Crippen LogP contribution is 2.44. The summed E-state index contributed by atoms with van der Waals surface area (Å²) in [6.07, 6.45) is 3.81. The molecule has 1 aromatic rings. The highest BCUT2D eigenvalue weighted by Gasteiger charge is 2.31. The van der Waals surface area contributed by atoms with Gasteiger partial charge in [-0.05, 0) is 76.7 Å². The van der Waals surface area contributed by atoms with Crippen molar-refractivity contribution in [3.05, 3.63) is 26.7 Å². The molecule has 0 unspecified atom stereocenters. The van der Waals surface area contributed by atoms with E-state index in [4.69, 9.17) is 0 Å². The van der Waals surface area contributed by atoms with Crippen LogP contribution < -0.4 is 0 Å². The zero-order valence-electron chi connectivity index (χ0n) is 10.4. The summed E-state index contributed by atoms with van der Waals surface area (Å²) >= 11 is 8.31. The van der Waals surface area contributed by atoms with Crippen molar-refractivity contribution in [1.82, 2.24) is 0 Å². The molecule has 0 spiro atoms. The SMILES string of the molecule is Cc1c(S)c(Br)c(C)c2c1CCCC2(C)C. The van der Waals surface area contributed by atoms with Gasteiger partial charge in [-0.25, -0.2) is 0 Å². The lowest BCUT2D eigenvalue weighted by Gasteiger charge is -2.36. The van der Waals surface area contributed by atoms with Crippen LogP contribution in [-0.4, -0.2) is 0 Å². The molecule has 1 aliphatic carbocycles. The second-order valence-electron chi connectivity index (χ2n) is 5.50. The summed E-state index contributed by atoms with van der Waals surface area (Å²) in [5.74, 6) is 0. The fourth-order valence-electron chi connectivity index (χ4n) is 3.07. The van der Waals surface area contributed by atoms with E-state index in [9.17, 15) is 0 Å².